The van der Waals surface area contributed by atoms with Gasteiger partial charge >= 0.3 is 0 Å². The monoisotopic (exact) mass is 324 g/mol. The Kier molecular flexibility index (Phi) is 3.85. The molecule has 1 saturated heterocycles. The van der Waals surface area contributed by atoms with Crippen LogP contribution in [0.2, 0.25) is 0 Å². The maximum Gasteiger partial charge on any atom is 0.237 e. The molecule has 0 bridgehead atoms. The Balaban J connectivity index is 2.03. The van der Waals surface area contributed by atoms with Gasteiger partial charge in [-0.25, -0.2) is 14.6 Å². The van der Waals surface area contributed by atoms with E-state index in [0.29, 0.717) is 0 Å². The number of aliphatic hydroxyl groups excluding tert-OH is 3. The number of hydrogen-bond acceptors (Lipinski definition) is 10. The van der Waals surface area contributed by atoms with Crippen LogP contribution in [-0.2, 0) is 11.8 Å². The summed E-state index contributed by atoms with van der Waals surface area (Å²) < 4.78 is 6.64. The number of aromatic nitrogens is 4. The van der Waals surface area contributed by atoms with Crippen LogP contribution in [0, 0.1) is 0 Å². The third kappa shape index (κ3) is 2.49. The van der Waals surface area contributed by atoms with Crippen molar-refractivity contribution < 1.29 is 20.1 Å². The third-order valence-electron chi connectivity index (χ3n) is 3.67. The number of ether oxygens (including phenoxy) is 1. The van der Waals surface area contributed by atoms with Crippen LogP contribution in [-0.4, -0.2) is 66.2 Å². The molecule has 3 heterocycles. The van der Waals surface area contributed by atoms with Gasteiger partial charge in [0.05, 0.1) is 6.61 Å². The van der Waals surface area contributed by atoms with Gasteiger partial charge in [-0.1, -0.05) is 0 Å². The van der Waals surface area contributed by atoms with Crippen LogP contribution in [0.1, 0.15) is 0 Å². The fraction of sp³-hybridized carbons (Fsp3) is 0.500. The van der Waals surface area contributed by atoms with Crippen molar-refractivity contribution in [2.24, 2.45) is 7.05 Å². The van der Waals surface area contributed by atoms with E-state index in [1.165, 1.54) is 11.0 Å². The van der Waals surface area contributed by atoms with Crippen molar-refractivity contribution in [3.05, 3.63) is 16.6 Å². The molecule has 6 N–H and O–H groups in total. The van der Waals surface area contributed by atoms with Crippen LogP contribution in [0.3, 0.4) is 0 Å². The van der Waals surface area contributed by atoms with E-state index in [4.69, 9.17) is 15.6 Å². The number of fused-ring (bicyclic) bond motifs is 1. The molecule has 2 aromatic heterocycles. The molecule has 0 aromatic carbocycles. The van der Waals surface area contributed by atoms with Crippen LogP contribution in [0.4, 0.5) is 11.6 Å². The number of nitrogen functional groups attached to an aromatic ring is 1. The lowest BCUT2D eigenvalue weighted by Crippen LogP contribution is -2.37. The molecule has 0 aliphatic carbocycles. The summed E-state index contributed by atoms with van der Waals surface area (Å²) in [4.78, 5) is 20.2. The van der Waals surface area contributed by atoms with E-state index < -0.39 is 36.6 Å². The van der Waals surface area contributed by atoms with E-state index in [-0.39, 0.29) is 22.7 Å². The molecule has 124 valence electrons. The Morgan fingerprint density at radius 1 is 1.39 bits per heavy atom. The van der Waals surface area contributed by atoms with Crippen molar-refractivity contribution in [2.75, 3.05) is 17.7 Å². The average Bonchev–Trinajstić information content (AvgIpc) is 2.80. The molecule has 2 unspecified atom stereocenters. The Hall–Kier alpha value is -2.34. The zero-order valence-electron chi connectivity index (χ0n) is 12.1. The zero-order valence-corrected chi connectivity index (χ0v) is 12.1. The lowest BCUT2D eigenvalue weighted by atomic mass is 10.1. The van der Waals surface area contributed by atoms with Gasteiger partial charge in [-0.15, -0.1) is 5.10 Å². The number of nitrogens with zero attached hydrogens (tertiary/aromatic N) is 4. The smallest absolute Gasteiger partial charge is 0.237 e. The first-order valence-corrected chi connectivity index (χ1v) is 6.80. The van der Waals surface area contributed by atoms with Gasteiger partial charge < -0.3 is 31.1 Å². The van der Waals surface area contributed by atoms with Gasteiger partial charge in [-0.3, -0.25) is 4.79 Å². The number of aliphatic hydroxyl groups is 3. The molecule has 2 aromatic rings. The van der Waals surface area contributed by atoms with Gasteiger partial charge in [0.25, 0.3) is 0 Å². The number of nitrogens with one attached hydrogen (secondary N) is 1. The first-order chi connectivity index (χ1) is 10.9. The van der Waals surface area contributed by atoms with E-state index in [0.717, 1.165) is 0 Å². The number of rotatable bonds is 3. The second kappa shape index (κ2) is 5.70. The van der Waals surface area contributed by atoms with Crippen LogP contribution >= 0.6 is 0 Å². The van der Waals surface area contributed by atoms with Crippen LogP contribution in [0.25, 0.3) is 11.0 Å². The molecule has 4 atom stereocenters. The fourth-order valence-electron chi connectivity index (χ4n) is 2.48. The maximum absolute atomic E-state index is 12.2. The standard InChI is InChI=1S/C12H16N6O5/c1-18-11-5(7(21)9(13)17-18)10(14-3-15-11)16-12-8(22)6(20)4(2-19)23-12/h3-4,6,8,12,19-20,22H,2H2,1H3,(H2,13,17)(H,14,15,16)/t4-,6?,8?,12+/m1/s1. The van der Waals surface area contributed by atoms with Gasteiger partial charge in [-0.2, -0.15) is 0 Å². The van der Waals surface area contributed by atoms with Gasteiger partial charge in [-0.05, 0) is 0 Å². The fourth-order valence-corrected chi connectivity index (χ4v) is 2.48. The second-order valence-electron chi connectivity index (χ2n) is 5.16. The average molecular weight is 324 g/mol. The van der Waals surface area contributed by atoms with Gasteiger partial charge in [0.1, 0.15) is 35.8 Å². The first kappa shape index (κ1) is 15.6. The predicted molar refractivity (Wildman–Crippen MR) is 78.4 cm³/mol. The summed E-state index contributed by atoms with van der Waals surface area (Å²) in [5.41, 5.74) is 5.26. The normalized spacial score (nSPS) is 27.5. The molecule has 1 aliphatic rings. The quantitative estimate of drug-likeness (QED) is 0.396. The van der Waals surface area contributed by atoms with Gasteiger partial charge in [0, 0.05) is 7.05 Å². The molecule has 1 aliphatic heterocycles. The molecule has 23 heavy (non-hydrogen) atoms. The predicted octanol–water partition coefficient (Wildman–Crippen LogP) is -2.84. The van der Waals surface area contributed by atoms with Crippen molar-refractivity contribution in [3.8, 4) is 0 Å². The number of anilines is 2. The minimum atomic E-state index is -1.31. The lowest BCUT2D eigenvalue weighted by molar-refractivity contribution is -0.0153. The van der Waals surface area contributed by atoms with Crippen LogP contribution < -0.4 is 16.5 Å². The van der Waals surface area contributed by atoms with Crippen molar-refractivity contribution >= 4 is 22.7 Å². The second-order valence-corrected chi connectivity index (χ2v) is 5.16. The summed E-state index contributed by atoms with van der Waals surface area (Å²) in [6.45, 7) is -0.459. The summed E-state index contributed by atoms with van der Waals surface area (Å²) in [7, 11) is 1.57. The van der Waals surface area contributed by atoms with Gasteiger partial charge in [0.2, 0.25) is 5.43 Å². The molecule has 1 fully saturated rings. The van der Waals surface area contributed by atoms with E-state index >= 15 is 0 Å². The molecular weight excluding hydrogens is 308 g/mol. The molecule has 0 spiro atoms. The molecule has 11 heteroatoms. The number of hydrogen-bond donors (Lipinski definition) is 5. The highest BCUT2D eigenvalue weighted by atomic mass is 16.6. The Bertz CT molecular complexity index is 795. The van der Waals surface area contributed by atoms with Crippen molar-refractivity contribution in [3.63, 3.8) is 0 Å². The number of nitrogens with two attached hydrogens (primary N) is 1. The highest BCUT2D eigenvalue weighted by Crippen LogP contribution is 2.24. The summed E-state index contributed by atoms with van der Waals surface area (Å²) >= 11 is 0. The minimum absolute atomic E-state index is 0.0829. The Labute approximate surface area is 129 Å². The van der Waals surface area contributed by atoms with Crippen molar-refractivity contribution in [2.45, 2.75) is 24.5 Å². The maximum atomic E-state index is 12.2. The largest absolute Gasteiger partial charge is 0.394 e. The van der Waals surface area contributed by atoms with E-state index in [9.17, 15) is 15.0 Å². The van der Waals surface area contributed by atoms with Crippen molar-refractivity contribution in [1.82, 2.24) is 19.7 Å². The highest BCUT2D eigenvalue weighted by molar-refractivity contribution is 5.87. The summed E-state index contributed by atoms with van der Waals surface area (Å²) in [6.07, 6.45) is -3.35. The molecule has 0 radical (unpaired) electrons. The SMILES string of the molecule is Cn1nc(N)c(=O)c2c(N[C@H]3O[C@H](CO)C(O)C3O)ncnc21. The Morgan fingerprint density at radius 3 is 2.78 bits per heavy atom. The van der Waals surface area contributed by atoms with Gasteiger partial charge in [0.15, 0.2) is 17.7 Å². The first-order valence-electron chi connectivity index (χ1n) is 6.80. The summed E-state index contributed by atoms with van der Waals surface area (Å²) in [5, 5.41) is 35.5. The summed E-state index contributed by atoms with van der Waals surface area (Å²) in [6, 6.07) is 0. The molecule has 11 nitrogen and oxygen atoms in total. The van der Waals surface area contributed by atoms with E-state index in [1.807, 2.05) is 0 Å². The molecule has 0 amide bonds. The molecule has 3 rings (SSSR count). The third-order valence-corrected chi connectivity index (χ3v) is 3.67. The van der Waals surface area contributed by atoms with Crippen LogP contribution in [0.5, 0.6) is 0 Å². The number of aryl methyl sites for hydroxylation is 1. The topological polar surface area (TPSA) is 169 Å². The van der Waals surface area contributed by atoms with Crippen LogP contribution in [0.15, 0.2) is 11.1 Å². The van der Waals surface area contributed by atoms with E-state index in [2.05, 4.69) is 20.4 Å². The summed E-state index contributed by atoms with van der Waals surface area (Å²) in [5.74, 6) is -0.140. The van der Waals surface area contributed by atoms with E-state index in [1.54, 1.807) is 7.05 Å². The molecular formula is C12H16N6O5. The van der Waals surface area contributed by atoms with Crippen molar-refractivity contribution in [1.29, 1.82) is 0 Å². The Morgan fingerprint density at radius 2 is 2.13 bits per heavy atom. The highest BCUT2D eigenvalue weighted by Gasteiger charge is 2.42. The molecule has 0 saturated carbocycles. The minimum Gasteiger partial charge on any atom is -0.394 e. The lowest BCUT2D eigenvalue weighted by Gasteiger charge is -2.18. The zero-order chi connectivity index (χ0) is 16.7.